The van der Waals surface area contributed by atoms with E-state index in [9.17, 15) is 4.79 Å². The Morgan fingerprint density at radius 1 is 1.38 bits per heavy atom. The Morgan fingerprint density at radius 3 is 2.46 bits per heavy atom. The van der Waals surface area contributed by atoms with E-state index < -0.39 is 6.09 Å². The third-order valence-electron chi connectivity index (χ3n) is 1.75. The smallest absolute Gasteiger partial charge is 0.404 e. The van der Waals surface area contributed by atoms with Crippen LogP contribution in [0.2, 0.25) is 0 Å². The van der Waals surface area contributed by atoms with Crippen LogP contribution in [0.4, 0.5) is 4.79 Å². The standard InChI is InChI=1S/C9H20N2O2/c1-4-5-10-6-9(2,3)7-11-8(12)13/h10-11H,4-7H2,1-3H3,(H,12,13). The van der Waals surface area contributed by atoms with E-state index in [0.29, 0.717) is 6.54 Å². The maximum atomic E-state index is 10.2. The number of carboxylic acid groups (broad SMARTS) is 1. The minimum Gasteiger partial charge on any atom is -0.465 e. The van der Waals surface area contributed by atoms with Gasteiger partial charge in [0.15, 0.2) is 0 Å². The monoisotopic (exact) mass is 188 g/mol. The van der Waals surface area contributed by atoms with E-state index in [1.165, 1.54) is 0 Å². The molecule has 78 valence electrons. The van der Waals surface area contributed by atoms with Crippen molar-refractivity contribution in [3.8, 4) is 0 Å². The molecule has 13 heavy (non-hydrogen) atoms. The van der Waals surface area contributed by atoms with Crippen LogP contribution in [-0.2, 0) is 0 Å². The topological polar surface area (TPSA) is 61.4 Å². The fourth-order valence-electron chi connectivity index (χ4n) is 0.981. The first-order valence-corrected chi connectivity index (χ1v) is 4.65. The molecule has 0 aliphatic heterocycles. The van der Waals surface area contributed by atoms with Crippen molar-refractivity contribution in [2.24, 2.45) is 5.41 Å². The van der Waals surface area contributed by atoms with Crippen molar-refractivity contribution in [3.05, 3.63) is 0 Å². The Balaban J connectivity index is 3.59. The fourth-order valence-corrected chi connectivity index (χ4v) is 0.981. The minimum atomic E-state index is -0.955. The van der Waals surface area contributed by atoms with Crippen molar-refractivity contribution >= 4 is 6.09 Å². The van der Waals surface area contributed by atoms with Gasteiger partial charge in [0, 0.05) is 13.1 Å². The summed E-state index contributed by atoms with van der Waals surface area (Å²) in [6.07, 6.45) is 0.145. The number of amides is 1. The second-order valence-corrected chi connectivity index (χ2v) is 4.00. The molecule has 1 amide bonds. The van der Waals surface area contributed by atoms with Crippen LogP contribution in [0.5, 0.6) is 0 Å². The van der Waals surface area contributed by atoms with E-state index in [1.54, 1.807) is 0 Å². The predicted octanol–water partition coefficient (Wildman–Crippen LogP) is 1.28. The van der Waals surface area contributed by atoms with E-state index in [0.717, 1.165) is 19.5 Å². The number of hydrogen-bond acceptors (Lipinski definition) is 2. The number of hydrogen-bond donors (Lipinski definition) is 3. The molecule has 0 aliphatic carbocycles. The van der Waals surface area contributed by atoms with Gasteiger partial charge in [-0.1, -0.05) is 20.8 Å². The lowest BCUT2D eigenvalue weighted by Crippen LogP contribution is -2.40. The molecule has 0 saturated heterocycles. The predicted molar refractivity (Wildman–Crippen MR) is 53.0 cm³/mol. The molecule has 0 bridgehead atoms. The number of nitrogens with one attached hydrogen (secondary N) is 2. The molecular weight excluding hydrogens is 168 g/mol. The van der Waals surface area contributed by atoms with Gasteiger partial charge in [-0.3, -0.25) is 0 Å². The molecule has 0 aromatic heterocycles. The molecule has 3 N–H and O–H groups in total. The van der Waals surface area contributed by atoms with E-state index in [-0.39, 0.29) is 5.41 Å². The zero-order chi connectivity index (χ0) is 10.3. The summed E-state index contributed by atoms with van der Waals surface area (Å²) in [5.74, 6) is 0. The normalized spacial score (nSPS) is 11.3. The molecule has 0 aliphatic rings. The first kappa shape index (κ1) is 12.2. The van der Waals surface area contributed by atoms with Crippen LogP contribution < -0.4 is 10.6 Å². The van der Waals surface area contributed by atoms with Gasteiger partial charge in [-0.05, 0) is 18.4 Å². The summed E-state index contributed by atoms with van der Waals surface area (Å²) in [7, 11) is 0. The van der Waals surface area contributed by atoms with Crippen LogP contribution in [-0.4, -0.2) is 30.8 Å². The molecule has 0 atom stereocenters. The maximum absolute atomic E-state index is 10.2. The van der Waals surface area contributed by atoms with Gasteiger partial charge in [-0.15, -0.1) is 0 Å². The third-order valence-corrected chi connectivity index (χ3v) is 1.75. The second-order valence-electron chi connectivity index (χ2n) is 4.00. The lowest BCUT2D eigenvalue weighted by atomic mass is 9.93. The second kappa shape index (κ2) is 5.80. The first-order valence-electron chi connectivity index (χ1n) is 4.65. The van der Waals surface area contributed by atoms with Crippen LogP contribution in [0.3, 0.4) is 0 Å². The van der Waals surface area contributed by atoms with Gasteiger partial charge >= 0.3 is 6.09 Å². The quantitative estimate of drug-likeness (QED) is 0.550. The van der Waals surface area contributed by atoms with Gasteiger partial charge in [-0.25, -0.2) is 4.79 Å². The molecule has 0 saturated carbocycles. The largest absolute Gasteiger partial charge is 0.465 e. The average molecular weight is 188 g/mol. The highest BCUT2D eigenvalue weighted by atomic mass is 16.4. The number of carbonyl (C=O) groups is 1. The van der Waals surface area contributed by atoms with Crippen molar-refractivity contribution in [3.63, 3.8) is 0 Å². The summed E-state index contributed by atoms with van der Waals surface area (Å²) in [6.45, 7) is 8.48. The molecule has 4 heteroatoms. The summed E-state index contributed by atoms with van der Waals surface area (Å²) < 4.78 is 0. The minimum absolute atomic E-state index is 0.0203. The number of rotatable bonds is 6. The average Bonchev–Trinajstić information content (AvgIpc) is 2.02. The van der Waals surface area contributed by atoms with Crippen LogP contribution in [0.25, 0.3) is 0 Å². The van der Waals surface area contributed by atoms with Crippen LogP contribution in [0.15, 0.2) is 0 Å². The van der Waals surface area contributed by atoms with E-state index in [1.807, 2.05) is 13.8 Å². The highest BCUT2D eigenvalue weighted by Gasteiger charge is 2.17. The van der Waals surface area contributed by atoms with E-state index in [2.05, 4.69) is 17.6 Å². The molecule has 0 aromatic rings. The summed E-state index contributed by atoms with van der Waals surface area (Å²) in [6, 6.07) is 0. The highest BCUT2D eigenvalue weighted by molar-refractivity contribution is 5.64. The fraction of sp³-hybridized carbons (Fsp3) is 0.889. The van der Waals surface area contributed by atoms with Gasteiger partial charge in [0.05, 0.1) is 0 Å². The molecule has 0 spiro atoms. The van der Waals surface area contributed by atoms with Crippen LogP contribution in [0, 0.1) is 5.41 Å². The Kier molecular flexibility index (Phi) is 5.46. The first-order chi connectivity index (χ1) is 5.98. The molecule has 0 rings (SSSR count). The van der Waals surface area contributed by atoms with Crippen molar-refractivity contribution in [1.29, 1.82) is 0 Å². The van der Waals surface area contributed by atoms with Gasteiger partial charge in [0.25, 0.3) is 0 Å². The third kappa shape index (κ3) is 7.59. The van der Waals surface area contributed by atoms with Crippen molar-refractivity contribution in [1.82, 2.24) is 10.6 Å². The molecule has 0 unspecified atom stereocenters. The lowest BCUT2D eigenvalue weighted by Gasteiger charge is -2.24. The molecule has 0 heterocycles. The highest BCUT2D eigenvalue weighted by Crippen LogP contribution is 2.11. The summed E-state index contributed by atoms with van der Waals surface area (Å²) in [4.78, 5) is 10.2. The molecule has 4 nitrogen and oxygen atoms in total. The van der Waals surface area contributed by atoms with Crippen LogP contribution >= 0.6 is 0 Å². The Labute approximate surface area is 79.7 Å². The summed E-state index contributed by atoms with van der Waals surface area (Å²) >= 11 is 0. The van der Waals surface area contributed by atoms with Crippen molar-refractivity contribution < 1.29 is 9.90 Å². The molecule has 0 fully saturated rings. The van der Waals surface area contributed by atoms with Gasteiger partial charge in [0.1, 0.15) is 0 Å². The molecule has 0 radical (unpaired) electrons. The maximum Gasteiger partial charge on any atom is 0.404 e. The zero-order valence-electron chi connectivity index (χ0n) is 8.68. The molecular formula is C9H20N2O2. The van der Waals surface area contributed by atoms with Gasteiger partial charge in [0.2, 0.25) is 0 Å². The van der Waals surface area contributed by atoms with Crippen molar-refractivity contribution in [2.45, 2.75) is 27.2 Å². The van der Waals surface area contributed by atoms with E-state index in [4.69, 9.17) is 5.11 Å². The summed E-state index contributed by atoms with van der Waals surface area (Å²) in [5, 5.41) is 14.1. The summed E-state index contributed by atoms with van der Waals surface area (Å²) in [5.41, 5.74) is -0.0203. The van der Waals surface area contributed by atoms with Crippen molar-refractivity contribution in [2.75, 3.05) is 19.6 Å². The zero-order valence-corrected chi connectivity index (χ0v) is 8.68. The lowest BCUT2D eigenvalue weighted by molar-refractivity contribution is 0.187. The van der Waals surface area contributed by atoms with E-state index >= 15 is 0 Å². The SMILES string of the molecule is CCCNCC(C)(C)CNC(=O)O. The Hall–Kier alpha value is -0.770. The van der Waals surface area contributed by atoms with Crippen LogP contribution in [0.1, 0.15) is 27.2 Å². The van der Waals surface area contributed by atoms with Gasteiger partial charge < -0.3 is 15.7 Å². The molecule has 0 aromatic carbocycles. The van der Waals surface area contributed by atoms with Gasteiger partial charge in [-0.2, -0.15) is 0 Å². The Morgan fingerprint density at radius 2 is 2.00 bits per heavy atom. The Bertz CT molecular complexity index is 158.